The first kappa shape index (κ1) is 5.78. The SMILES string of the molecule is CN1CC2[B]C(CC2)C1. The third-order valence-electron chi connectivity index (χ3n) is 2.54. The minimum Gasteiger partial charge on any atom is -0.307 e. The van der Waals surface area contributed by atoms with E-state index in [0.29, 0.717) is 0 Å². The third kappa shape index (κ3) is 1.01. The fraction of sp³-hybridized carbons (Fsp3) is 1.00. The summed E-state index contributed by atoms with van der Waals surface area (Å²) in [6.45, 7) is 2.63. The molecule has 49 valence electrons. The van der Waals surface area contributed by atoms with Crippen molar-refractivity contribution in [2.24, 2.45) is 0 Å². The largest absolute Gasteiger partial charge is 0.307 e. The molecule has 2 bridgehead atoms. The predicted molar refractivity (Wildman–Crippen MR) is 40.0 cm³/mol. The van der Waals surface area contributed by atoms with Gasteiger partial charge in [0.2, 0.25) is 0 Å². The Kier molecular flexibility index (Phi) is 1.29. The predicted octanol–water partition coefficient (Wildman–Crippen LogP) is 1.01. The normalized spacial score (nSPS) is 42.8. The average molecular weight is 122 g/mol. The molecule has 0 aromatic heterocycles. The first-order valence-electron chi connectivity index (χ1n) is 3.88. The molecule has 0 aliphatic carbocycles. The Hall–Kier alpha value is 0.0249. The molecule has 2 rings (SSSR count). The van der Waals surface area contributed by atoms with Gasteiger partial charge >= 0.3 is 0 Å². The summed E-state index contributed by atoms with van der Waals surface area (Å²) in [6.07, 6.45) is 2.91. The number of rotatable bonds is 0. The van der Waals surface area contributed by atoms with E-state index in [1.165, 1.54) is 25.9 Å². The van der Waals surface area contributed by atoms with Crippen LogP contribution in [0.5, 0.6) is 0 Å². The average Bonchev–Trinajstić information content (AvgIpc) is 2.11. The molecule has 2 fully saturated rings. The monoisotopic (exact) mass is 122 g/mol. The summed E-state index contributed by atoms with van der Waals surface area (Å²) in [5.41, 5.74) is 0. The summed E-state index contributed by atoms with van der Waals surface area (Å²) in [5.74, 6) is 1.88. The molecule has 1 nitrogen and oxygen atoms in total. The first-order chi connectivity index (χ1) is 4.34. The second-order valence-electron chi connectivity index (χ2n) is 3.51. The Morgan fingerprint density at radius 2 is 1.78 bits per heavy atom. The number of likely N-dealkylation sites (tertiary alicyclic amines) is 1. The molecule has 0 N–H and O–H groups in total. The van der Waals surface area contributed by atoms with Crippen molar-refractivity contribution in [3.63, 3.8) is 0 Å². The maximum Gasteiger partial charge on any atom is 0.121 e. The van der Waals surface area contributed by atoms with E-state index in [-0.39, 0.29) is 0 Å². The van der Waals surface area contributed by atoms with Crippen LogP contribution in [0.2, 0.25) is 11.6 Å². The summed E-state index contributed by atoms with van der Waals surface area (Å²) in [4.78, 5) is 2.46. The summed E-state index contributed by atoms with van der Waals surface area (Å²) >= 11 is 0. The molecule has 0 amide bonds. The lowest BCUT2D eigenvalue weighted by Gasteiger charge is -2.27. The van der Waals surface area contributed by atoms with Gasteiger partial charge in [-0.1, -0.05) is 24.5 Å². The van der Waals surface area contributed by atoms with Crippen LogP contribution in [-0.2, 0) is 0 Å². The lowest BCUT2D eigenvalue weighted by molar-refractivity contribution is 0.332. The molecule has 2 aliphatic rings. The smallest absolute Gasteiger partial charge is 0.121 e. The molecule has 2 aliphatic heterocycles. The minimum atomic E-state index is 0.939. The molecule has 2 heteroatoms. The van der Waals surface area contributed by atoms with Crippen molar-refractivity contribution in [2.75, 3.05) is 20.1 Å². The van der Waals surface area contributed by atoms with Gasteiger partial charge in [-0.2, -0.15) is 0 Å². The molecule has 2 unspecified atom stereocenters. The van der Waals surface area contributed by atoms with Crippen LogP contribution < -0.4 is 0 Å². The number of fused-ring (bicyclic) bond motifs is 2. The van der Waals surface area contributed by atoms with Gasteiger partial charge in [-0.05, 0) is 20.1 Å². The van der Waals surface area contributed by atoms with Crippen LogP contribution in [0.25, 0.3) is 0 Å². The molecule has 0 aromatic rings. The molecular weight excluding hydrogens is 109 g/mol. The quantitative estimate of drug-likeness (QED) is 0.433. The first-order valence-corrected chi connectivity index (χ1v) is 3.88. The minimum absolute atomic E-state index is 0.939. The highest BCUT2D eigenvalue weighted by atomic mass is 15.1. The van der Waals surface area contributed by atoms with Gasteiger partial charge in [0.05, 0.1) is 0 Å². The zero-order chi connectivity index (χ0) is 6.27. The van der Waals surface area contributed by atoms with Gasteiger partial charge in [-0.3, -0.25) is 0 Å². The molecule has 1 radical (unpaired) electrons. The van der Waals surface area contributed by atoms with Gasteiger partial charge < -0.3 is 4.90 Å². The van der Waals surface area contributed by atoms with Crippen LogP contribution in [0, 0.1) is 0 Å². The fourth-order valence-electron chi connectivity index (χ4n) is 2.18. The number of nitrogens with zero attached hydrogens (tertiary/aromatic N) is 1. The summed E-state index contributed by atoms with van der Waals surface area (Å²) in [5, 5.41) is 0. The van der Waals surface area contributed by atoms with Crippen molar-refractivity contribution >= 4 is 7.28 Å². The Bertz CT molecular complexity index is 103. The van der Waals surface area contributed by atoms with Gasteiger partial charge in [-0.15, -0.1) is 0 Å². The highest BCUT2D eigenvalue weighted by molar-refractivity contribution is 6.41. The van der Waals surface area contributed by atoms with Crippen molar-refractivity contribution in [3.8, 4) is 0 Å². The maximum absolute atomic E-state index is 2.56. The highest BCUT2D eigenvalue weighted by Crippen LogP contribution is 2.36. The molecule has 0 spiro atoms. The zero-order valence-corrected chi connectivity index (χ0v) is 6.01. The van der Waals surface area contributed by atoms with E-state index in [1.54, 1.807) is 0 Å². The Morgan fingerprint density at radius 3 is 2.33 bits per heavy atom. The van der Waals surface area contributed by atoms with Crippen LogP contribution in [0.3, 0.4) is 0 Å². The van der Waals surface area contributed by atoms with Crippen LogP contribution in [0.15, 0.2) is 0 Å². The van der Waals surface area contributed by atoms with Crippen molar-refractivity contribution in [2.45, 2.75) is 24.5 Å². The van der Waals surface area contributed by atoms with Gasteiger partial charge in [0, 0.05) is 0 Å². The zero-order valence-electron chi connectivity index (χ0n) is 6.01. The molecule has 9 heavy (non-hydrogen) atoms. The molecule has 2 heterocycles. The highest BCUT2D eigenvalue weighted by Gasteiger charge is 2.31. The van der Waals surface area contributed by atoms with E-state index in [4.69, 9.17) is 0 Å². The topological polar surface area (TPSA) is 3.24 Å². The lowest BCUT2D eigenvalue weighted by atomic mass is 9.58. The van der Waals surface area contributed by atoms with Gasteiger partial charge in [0.1, 0.15) is 7.28 Å². The lowest BCUT2D eigenvalue weighted by Crippen LogP contribution is -2.32. The number of hydrogen-bond donors (Lipinski definition) is 0. The van der Waals surface area contributed by atoms with Gasteiger partial charge in [-0.25, -0.2) is 0 Å². The van der Waals surface area contributed by atoms with Crippen molar-refractivity contribution < 1.29 is 0 Å². The van der Waals surface area contributed by atoms with Gasteiger partial charge in [0.25, 0.3) is 0 Å². The van der Waals surface area contributed by atoms with Crippen molar-refractivity contribution in [1.29, 1.82) is 0 Å². The summed E-state index contributed by atoms with van der Waals surface area (Å²) in [6, 6.07) is 0. The second-order valence-corrected chi connectivity index (χ2v) is 3.51. The van der Waals surface area contributed by atoms with E-state index < -0.39 is 0 Å². The van der Waals surface area contributed by atoms with E-state index in [2.05, 4.69) is 19.2 Å². The third-order valence-corrected chi connectivity index (χ3v) is 2.54. The van der Waals surface area contributed by atoms with E-state index in [0.717, 1.165) is 11.6 Å². The van der Waals surface area contributed by atoms with Crippen molar-refractivity contribution in [3.05, 3.63) is 0 Å². The Balaban J connectivity index is 2.03. The van der Waals surface area contributed by atoms with E-state index in [9.17, 15) is 0 Å². The Labute approximate surface area is 57.7 Å². The molecule has 0 aromatic carbocycles. The maximum atomic E-state index is 2.56. The molecule has 2 saturated heterocycles. The van der Waals surface area contributed by atoms with Crippen LogP contribution in [0.1, 0.15) is 12.8 Å². The van der Waals surface area contributed by atoms with E-state index in [1.807, 2.05) is 0 Å². The standard InChI is InChI=1S/C7H13BN/c1-9-4-6-2-3-7(5-9)8-6/h6-7H,2-5H2,1H3. The van der Waals surface area contributed by atoms with Crippen LogP contribution >= 0.6 is 0 Å². The van der Waals surface area contributed by atoms with Crippen molar-refractivity contribution in [1.82, 2.24) is 4.90 Å². The summed E-state index contributed by atoms with van der Waals surface area (Å²) < 4.78 is 0. The molecule has 2 atom stereocenters. The van der Waals surface area contributed by atoms with Gasteiger partial charge in [0.15, 0.2) is 0 Å². The van der Waals surface area contributed by atoms with Crippen LogP contribution in [-0.4, -0.2) is 32.3 Å². The number of hydrogen-bond acceptors (Lipinski definition) is 1. The van der Waals surface area contributed by atoms with E-state index >= 15 is 0 Å². The Morgan fingerprint density at radius 1 is 1.22 bits per heavy atom. The molecule has 0 saturated carbocycles. The molecular formula is C7H13BN. The summed E-state index contributed by atoms with van der Waals surface area (Å²) in [7, 11) is 4.79. The fourth-order valence-corrected chi connectivity index (χ4v) is 2.18. The van der Waals surface area contributed by atoms with Crippen LogP contribution in [0.4, 0.5) is 0 Å². The second kappa shape index (κ2) is 2.01.